The number of nitrogens with zero attached hydrogens (tertiary/aromatic N) is 2. The summed E-state index contributed by atoms with van der Waals surface area (Å²) in [6, 6.07) is 6.59. The summed E-state index contributed by atoms with van der Waals surface area (Å²) in [6.07, 6.45) is 1.71. The summed E-state index contributed by atoms with van der Waals surface area (Å²) >= 11 is 0. The number of aliphatic hydroxyl groups is 1. The molecule has 0 aliphatic rings. The van der Waals surface area contributed by atoms with Gasteiger partial charge in [-0.2, -0.15) is 0 Å². The van der Waals surface area contributed by atoms with Gasteiger partial charge < -0.3 is 120 Å². The number of carbonyl (C=O) groups excluding carboxylic acids is 13. The third kappa shape index (κ3) is 34.2. The monoisotopic (exact) mass is 1470 g/mol. The number of aliphatic hydroxyl groups excluding tert-OH is 1. The van der Waals surface area contributed by atoms with Crippen LogP contribution in [0.5, 0.6) is 5.75 Å². The topological polar surface area (TPSA) is 640 Å². The number of hydrogen-bond acceptors (Lipinski definition) is 20. The molecule has 0 aromatic heterocycles. The number of rotatable bonds is 48. The van der Waals surface area contributed by atoms with Gasteiger partial charge in [0.1, 0.15) is 60.1 Å². The zero-order valence-corrected chi connectivity index (χ0v) is 59.8. The Kier molecular flexibility index (Phi) is 39.7. The molecule has 105 heavy (non-hydrogen) atoms. The van der Waals surface area contributed by atoms with Crippen molar-refractivity contribution in [1.29, 1.82) is 0 Å². The molecule has 3 aromatic carbocycles. The van der Waals surface area contributed by atoms with Crippen LogP contribution in [0, 0.1) is 13.8 Å². The average Bonchev–Trinajstić information content (AvgIpc) is 0.869. The molecule has 10 atom stereocenters. The number of nitrogens with two attached hydrogens (primary N) is 8. The van der Waals surface area contributed by atoms with E-state index in [1.54, 1.807) is 86.6 Å². The van der Waals surface area contributed by atoms with Gasteiger partial charge in [-0.15, -0.1) is 0 Å². The average molecular weight is 1470 g/mol. The van der Waals surface area contributed by atoms with Gasteiger partial charge >= 0.3 is 0 Å². The fourth-order valence-corrected chi connectivity index (χ4v) is 10.5. The number of guanidine groups is 2. The first-order valence-electron chi connectivity index (χ1n) is 34.4. The number of unbranched alkanes of at least 4 members (excludes halogenated alkanes) is 2. The quantitative estimate of drug-likeness (QED) is 0.0142. The molecule has 0 bridgehead atoms. The minimum atomic E-state index is -1.73. The maximum Gasteiger partial charge on any atom is 0.245 e. The van der Waals surface area contributed by atoms with Gasteiger partial charge in [0.05, 0.1) is 32.3 Å². The Morgan fingerprint density at radius 1 is 0.410 bits per heavy atom. The van der Waals surface area contributed by atoms with E-state index in [9.17, 15) is 72.5 Å². The zero-order valence-electron chi connectivity index (χ0n) is 59.8. The Morgan fingerprint density at radius 3 is 1.25 bits per heavy atom. The van der Waals surface area contributed by atoms with E-state index >= 15 is 0 Å². The highest BCUT2D eigenvalue weighted by Crippen LogP contribution is 2.22. The third-order valence-electron chi connectivity index (χ3n) is 16.3. The molecule has 13 amide bonds. The number of phenolic OH excluding ortho intramolecular Hbond substituents is 1. The summed E-state index contributed by atoms with van der Waals surface area (Å²) in [5.74, 6) is -11.6. The highest BCUT2D eigenvalue weighted by atomic mass is 16.3. The maximum atomic E-state index is 14.3. The number of benzene rings is 3. The van der Waals surface area contributed by atoms with Crippen LogP contribution in [0.1, 0.15) is 106 Å². The van der Waals surface area contributed by atoms with Crippen molar-refractivity contribution in [1.82, 2.24) is 63.8 Å². The van der Waals surface area contributed by atoms with Crippen molar-refractivity contribution in [2.45, 2.75) is 172 Å². The van der Waals surface area contributed by atoms with Crippen LogP contribution in [0.4, 0.5) is 0 Å². The van der Waals surface area contributed by atoms with Gasteiger partial charge in [-0.1, -0.05) is 60.7 Å². The Bertz CT molecular complexity index is 3430. The van der Waals surface area contributed by atoms with E-state index in [0.29, 0.717) is 36.9 Å². The number of primary amides is 1. The molecule has 578 valence electrons. The number of carbonyl (C=O) groups is 13. The first-order valence-corrected chi connectivity index (χ1v) is 34.4. The van der Waals surface area contributed by atoms with E-state index in [-0.39, 0.29) is 102 Å². The van der Waals surface area contributed by atoms with Gasteiger partial charge in [0.15, 0.2) is 11.9 Å². The molecule has 37 nitrogen and oxygen atoms in total. The van der Waals surface area contributed by atoms with Crippen LogP contribution >= 0.6 is 0 Å². The summed E-state index contributed by atoms with van der Waals surface area (Å²) in [4.78, 5) is 184. The van der Waals surface area contributed by atoms with Crippen LogP contribution in [0.25, 0.3) is 0 Å². The molecule has 30 N–H and O–H groups in total. The standard InChI is InChI=1S/C68H106N22O15/c1-38-29-44(92)30-39(2)45(38)33-46(71)60(99)80-34-54(93)79-35-56(95)84-52(32-43-19-9-6-10-20-43)65(104)89-51(31-42-17-7-5-8-18-42)61(100)81-36-55(94)82-40(3)58(97)86-50(24-16-28-78-68(75)76)63(102)88-48(22-12-14-26-70)64(103)90-53(37-91)66(105)83-41(4)59(98)87-49(23-15-27-77-67(73)74)62(101)85-47(57(72)96)21-11-13-25-69/h5-10,17-20,29-30,40-41,46-53,91-92H,11-16,21-28,31-37,69-71H2,1-4H3,(H2,72,96)(H,79,93)(H,80,99)(H,81,100)(H,82,94)(H,83,105)(H,84,95)(H,85,101)(H,86,97)(H,87,98)(H,88,102)(H,89,104)(H,90,103)(H4,73,74,77)(H4,75,76,78)/t40-,41-,46-,47-,48-,49-,50-,51-,52-,53-/m0/s1. The lowest BCUT2D eigenvalue weighted by atomic mass is 9.96. The summed E-state index contributed by atoms with van der Waals surface area (Å²) < 4.78 is 0. The van der Waals surface area contributed by atoms with Gasteiger partial charge in [0.2, 0.25) is 76.8 Å². The third-order valence-corrected chi connectivity index (χ3v) is 16.3. The molecule has 0 radical (unpaired) electrons. The van der Waals surface area contributed by atoms with Gasteiger partial charge in [-0.3, -0.25) is 72.3 Å². The number of aryl methyl sites for hydroxylation is 2. The van der Waals surface area contributed by atoms with E-state index < -0.39 is 163 Å². The number of amides is 13. The predicted octanol–water partition coefficient (Wildman–Crippen LogP) is -7.04. The molecule has 37 heteroatoms. The Labute approximate surface area is 609 Å². The van der Waals surface area contributed by atoms with Crippen LogP contribution in [-0.4, -0.2) is 212 Å². The molecule has 0 spiro atoms. The normalized spacial score (nSPS) is 13.7. The largest absolute Gasteiger partial charge is 0.508 e. The smallest absolute Gasteiger partial charge is 0.245 e. The predicted molar refractivity (Wildman–Crippen MR) is 389 cm³/mol. The molecular weight excluding hydrogens is 1360 g/mol. The van der Waals surface area contributed by atoms with Crippen LogP contribution in [0.15, 0.2) is 82.8 Å². The van der Waals surface area contributed by atoms with Crippen molar-refractivity contribution < 1.29 is 72.5 Å². The van der Waals surface area contributed by atoms with Crippen LogP contribution in [-0.2, 0) is 81.6 Å². The van der Waals surface area contributed by atoms with E-state index in [4.69, 9.17) is 45.9 Å². The van der Waals surface area contributed by atoms with Gasteiger partial charge in [0, 0.05) is 25.9 Å². The van der Waals surface area contributed by atoms with Crippen LogP contribution in [0.2, 0.25) is 0 Å². The summed E-state index contributed by atoms with van der Waals surface area (Å²) in [6.45, 7) is 3.70. The van der Waals surface area contributed by atoms with Crippen molar-refractivity contribution in [3.8, 4) is 5.75 Å². The van der Waals surface area contributed by atoms with Gasteiger partial charge in [-0.05, 0) is 151 Å². The molecule has 0 aliphatic heterocycles. The first kappa shape index (κ1) is 88.2. The number of hydrogen-bond donors (Lipinski definition) is 22. The minimum absolute atomic E-state index is 0.0179. The molecule has 0 fully saturated rings. The molecular formula is C68H106N22O15. The van der Waals surface area contributed by atoms with Crippen molar-refractivity contribution >= 4 is 88.7 Å². The van der Waals surface area contributed by atoms with Crippen LogP contribution in [0.3, 0.4) is 0 Å². The van der Waals surface area contributed by atoms with Crippen molar-refractivity contribution in [2.24, 2.45) is 55.9 Å². The summed E-state index contributed by atoms with van der Waals surface area (Å²) in [7, 11) is 0. The van der Waals surface area contributed by atoms with Crippen LogP contribution < -0.4 is 110 Å². The summed E-state index contributed by atoms with van der Waals surface area (Å²) in [5, 5.41) is 50.2. The molecule has 0 saturated carbocycles. The van der Waals surface area contributed by atoms with Crippen molar-refractivity contribution in [2.75, 3.05) is 52.4 Å². The van der Waals surface area contributed by atoms with Crippen molar-refractivity contribution in [3.05, 3.63) is 101 Å². The van der Waals surface area contributed by atoms with Gasteiger partial charge in [-0.25, -0.2) is 0 Å². The van der Waals surface area contributed by atoms with E-state index in [2.05, 4.69) is 73.8 Å². The maximum absolute atomic E-state index is 14.3. The van der Waals surface area contributed by atoms with Crippen molar-refractivity contribution in [3.63, 3.8) is 0 Å². The highest BCUT2D eigenvalue weighted by Gasteiger charge is 2.34. The number of phenols is 1. The lowest BCUT2D eigenvalue weighted by Gasteiger charge is -2.26. The fourth-order valence-electron chi connectivity index (χ4n) is 10.5. The lowest BCUT2D eigenvalue weighted by molar-refractivity contribution is -0.136. The van der Waals surface area contributed by atoms with Gasteiger partial charge in [0.25, 0.3) is 0 Å². The van der Waals surface area contributed by atoms with E-state index in [1.807, 2.05) is 0 Å². The lowest BCUT2D eigenvalue weighted by Crippen LogP contribution is -2.60. The Hall–Kier alpha value is -11.0. The first-order chi connectivity index (χ1) is 49.8. The van der Waals surface area contributed by atoms with E-state index in [1.165, 1.54) is 13.8 Å². The molecule has 0 saturated heterocycles. The number of nitrogens with one attached hydrogen (secondary N) is 12. The Morgan fingerprint density at radius 2 is 0.781 bits per heavy atom. The second kappa shape index (κ2) is 47.3. The summed E-state index contributed by atoms with van der Waals surface area (Å²) in [5.41, 5.74) is 48.3. The highest BCUT2D eigenvalue weighted by molar-refractivity contribution is 5.99. The molecule has 0 unspecified atom stereocenters. The molecule has 0 aliphatic carbocycles. The minimum Gasteiger partial charge on any atom is -0.508 e. The number of aliphatic imine (C=N–C) groups is 2. The molecule has 0 heterocycles. The molecule has 3 aromatic rings. The SMILES string of the molecule is Cc1cc(O)cc(C)c1C[C@H](N)C(=O)NCC(=O)NCC(=O)N[C@@H](Cc1ccccc1)C(=O)N[C@@H](Cc1ccccc1)C(=O)NCC(=O)N[C@@H](C)C(=O)N[C@@H](CCCN=C(N)N)C(=O)N[C@@H](CCCCN)C(=O)N[C@@H](CO)C(=O)N[C@@H](C)C(=O)N[C@@H](CCCN=C(N)N)C(=O)N[C@@H](CCCCN)C(N)=O. The zero-order chi connectivity index (χ0) is 78.1. The fraction of sp³-hybridized carbons (Fsp3) is 0.515. The number of aromatic hydroxyl groups is 1. The second-order valence-corrected chi connectivity index (χ2v) is 25.0. The second-order valence-electron chi connectivity index (χ2n) is 25.0. The Balaban J connectivity index is 1.73. The van der Waals surface area contributed by atoms with E-state index in [0.717, 1.165) is 16.7 Å². The molecule has 3 rings (SSSR count).